The van der Waals surface area contributed by atoms with Gasteiger partial charge in [0, 0.05) is 19.3 Å². The van der Waals surface area contributed by atoms with Gasteiger partial charge in [0.2, 0.25) is 23.6 Å². The Morgan fingerprint density at radius 2 is 0.708 bits per heavy atom. The van der Waals surface area contributed by atoms with E-state index >= 15 is 0 Å². The molecule has 4 unspecified atom stereocenters. The number of hydrogen-bond acceptors (Lipinski definition) is 13. The van der Waals surface area contributed by atoms with Gasteiger partial charge in [-0.15, -0.1) is 0 Å². The molecule has 3 amide bonds. The molecule has 0 spiro atoms. The summed E-state index contributed by atoms with van der Waals surface area (Å²) >= 11 is 0. The molecule has 8 aromatic rings. The summed E-state index contributed by atoms with van der Waals surface area (Å²) in [5, 5.41) is 18.1. The van der Waals surface area contributed by atoms with Crippen molar-refractivity contribution in [1.29, 1.82) is 0 Å². The first-order chi connectivity index (χ1) is 31.6. The summed E-state index contributed by atoms with van der Waals surface area (Å²) in [6, 6.07) is 34.3. The van der Waals surface area contributed by atoms with Crippen molar-refractivity contribution in [2.24, 2.45) is 5.73 Å². The monoisotopic (exact) mass is 874 g/mol. The van der Waals surface area contributed by atoms with Gasteiger partial charge in [-0.25, -0.2) is 24.7 Å². The van der Waals surface area contributed by atoms with E-state index in [2.05, 4.69) is 35.9 Å². The molecule has 4 aromatic carbocycles. The molecule has 328 valence electrons. The molecule has 17 heteroatoms. The van der Waals surface area contributed by atoms with Crippen LogP contribution in [-0.2, 0) is 25.7 Å². The van der Waals surface area contributed by atoms with E-state index in [4.69, 9.17) is 23.4 Å². The molecule has 8 rings (SSSR count). The van der Waals surface area contributed by atoms with Crippen LogP contribution in [0.2, 0.25) is 0 Å². The van der Waals surface area contributed by atoms with Crippen molar-refractivity contribution in [3.8, 4) is 0 Å². The van der Waals surface area contributed by atoms with Crippen molar-refractivity contribution in [3.63, 3.8) is 0 Å². The Hall–Kier alpha value is -8.44. The first kappa shape index (κ1) is 43.2. The third kappa shape index (κ3) is 11.1. The van der Waals surface area contributed by atoms with Crippen molar-refractivity contribution in [3.05, 3.63) is 215 Å². The molecular formula is C48H42N8O9. The number of aromatic carboxylic acids is 1. The van der Waals surface area contributed by atoms with Gasteiger partial charge in [0.05, 0.1) is 6.04 Å². The molecule has 17 nitrogen and oxygen atoms in total. The van der Waals surface area contributed by atoms with Gasteiger partial charge in [-0.2, -0.15) is 0 Å². The summed E-state index contributed by atoms with van der Waals surface area (Å²) < 4.78 is 22.7. The molecule has 0 aliphatic rings. The Kier molecular flexibility index (Phi) is 13.4. The summed E-state index contributed by atoms with van der Waals surface area (Å²) in [4.78, 5) is 70.2. The predicted molar refractivity (Wildman–Crippen MR) is 231 cm³/mol. The number of nitrogens with two attached hydrogens (primary N) is 1. The van der Waals surface area contributed by atoms with Crippen molar-refractivity contribution >= 4 is 23.7 Å². The molecule has 4 atom stereocenters. The number of carboxylic acids is 1. The van der Waals surface area contributed by atoms with Crippen LogP contribution in [0.1, 0.15) is 112 Å². The summed E-state index contributed by atoms with van der Waals surface area (Å²) in [6.45, 7) is 0. The average molecular weight is 875 g/mol. The SMILES string of the molecule is NC(Cc1ccccc1)c1nc(C(=O)NC(Cc2ccccc2)c2nc(C(=O)NC(Cc3ccccc3)c3nc(C(=O)NC(Cc4ccccc4)c4nc(C(=O)O)co4)co3)co2)co1. The molecule has 6 N–H and O–H groups in total. The maximum Gasteiger partial charge on any atom is 0.357 e. The molecule has 4 heterocycles. The number of nitrogens with one attached hydrogen (secondary N) is 3. The summed E-state index contributed by atoms with van der Waals surface area (Å²) in [5.74, 6) is -2.90. The highest BCUT2D eigenvalue weighted by Gasteiger charge is 2.29. The minimum atomic E-state index is -1.28. The van der Waals surface area contributed by atoms with Gasteiger partial charge in [0.1, 0.15) is 43.2 Å². The molecule has 0 fully saturated rings. The normalized spacial score (nSPS) is 13.0. The van der Waals surface area contributed by atoms with Gasteiger partial charge in [-0.05, 0) is 28.7 Å². The number of carbonyl (C=O) groups is 4. The number of carboxylic acid groups (broad SMARTS) is 1. The zero-order valence-corrected chi connectivity index (χ0v) is 34.6. The lowest BCUT2D eigenvalue weighted by Crippen LogP contribution is -2.32. The predicted octanol–water partition coefficient (Wildman–Crippen LogP) is 6.72. The lowest BCUT2D eigenvalue weighted by atomic mass is 10.1. The fourth-order valence-electron chi connectivity index (χ4n) is 7.01. The van der Waals surface area contributed by atoms with E-state index in [0.717, 1.165) is 34.8 Å². The van der Waals surface area contributed by atoms with Gasteiger partial charge < -0.3 is 44.5 Å². The van der Waals surface area contributed by atoms with Gasteiger partial charge in [0.25, 0.3) is 17.7 Å². The number of amides is 3. The second-order valence-corrected chi connectivity index (χ2v) is 15.0. The second kappa shape index (κ2) is 20.2. The molecule has 0 aliphatic carbocycles. The second-order valence-electron chi connectivity index (χ2n) is 15.0. The smallest absolute Gasteiger partial charge is 0.357 e. The van der Waals surface area contributed by atoms with Crippen LogP contribution >= 0.6 is 0 Å². The summed E-state index contributed by atoms with van der Waals surface area (Å²) in [6.07, 6.45) is 5.74. The van der Waals surface area contributed by atoms with Crippen LogP contribution in [0.25, 0.3) is 0 Å². The lowest BCUT2D eigenvalue weighted by Gasteiger charge is -2.16. The number of hydrogen-bond donors (Lipinski definition) is 5. The van der Waals surface area contributed by atoms with Gasteiger partial charge >= 0.3 is 5.97 Å². The van der Waals surface area contributed by atoms with Crippen LogP contribution in [-0.4, -0.2) is 48.7 Å². The fourth-order valence-corrected chi connectivity index (χ4v) is 7.01. The van der Waals surface area contributed by atoms with Gasteiger partial charge in [-0.1, -0.05) is 121 Å². The maximum atomic E-state index is 14.0. The van der Waals surface area contributed by atoms with Gasteiger partial charge in [-0.3, -0.25) is 14.4 Å². The van der Waals surface area contributed by atoms with E-state index in [1.165, 1.54) is 12.5 Å². The fraction of sp³-hybridized carbons (Fsp3) is 0.167. The number of rotatable bonds is 19. The van der Waals surface area contributed by atoms with Crippen molar-refractivity contribution in [1.82, 2.24) is 35.9 Å². The maximum absolute atomic E-state index is 14.0. The van der Waals surface area contributed by atoms with Crippen LogP contribution in [0, 0.1) is 0 Å². The highest BCUT2D eigenvalue weighted by molar-refractivity contribution is 5.94. The number of benzene rings is 4. The average Bonchev–Trinajstić information content (AvgIpc) is 4.18. The van der Waals surface area contributed by atoms with Crippen LogP contribution < -0.4 is 21.7 Å². The molecule has 65 heavy (non-hydrogen) atoms. The number of aromatic nitrogens is 4. The lowest BCUT2D eigenvalue weighted by molar-refractivity contribution is 0.0689. The van der Waals surface area contributed by atoms with E-state index < -0.39 is 47.9 Å². The van der Waals surface area contributed by atoms with E-state index in [1.54, 1.807) is 0 Å². The highest BCUT2D eigenvalue weighted by atomic mass is 16.4. The molecule has 0 radical (unpaired) electrons. The quantitative estimate of drug-likeness (QED) is 0.0566. The van der Waals surface area contributed by atoms with Crippen molar-refractivity contribution in [2.45, 2.75) is 49.9 Å². The van der Waals surface area contributed by atoms with E-state index in [0.29, 0.717) is 6.42 Å². The molecule has 0 bridgehead atoms. The van der Waals surface area contributed by atoms with Crippen LogP contribution in [0.5, 0.6) is 0 Å². The molecule has 0 saturated heterocycles. The molecular weight excluding hydrogens is 833 g/mol. The third-order valence-corrected chi connectivity index (χ3v) is 10.3. The van der Waals surface area contributed by atoms with Crippen LogP contribution in [0.15, 0.2) is 164 Å². The number of oxazole rings is 4. The Balaban J connectivity index is 0.992. The number of nitrogens with zero attached hydrogens (tertiary/aromatic N) is 4. The first-order valence-corrected chi connectivity index (χ1v) is 20.5. The molecule has 0 saturated carbocycles. The third-order valence-electron chi connectivity index (χ3n) is 10.3. The van der Waals surface area contributed by atoms with E-state index in [9.17, 15) is 24.3 Å². The topological polar surface area (TPSA) is 255 Å². The van der Waals surface area contributed by atoms with Crippen molar-refractivity contribution in [2.75, 3.05) is 0 Å². The molecule has 0 aliphatic heterocycles. The Morgan fingerprint density at radius 3 is 1.03 bits per heavy atom. The molecule has 4 aromatic heterocycles. The summed E-state index contributed by atoms with van der Waals surface area (Å²) in [5.41, 5.74) is 9.35. The van der Waals surface area contributed by atoms with E-state index in [1.807, 2.05) is 121 Å². The zero-order chi connectivity index (χ0) is 45.1. The standard InChI is InChI=1S/C48H42N8O9/c49-33(21-29-13-5-1-6-14-29)44-53-37(25-62-44)41(57)50-34(22-30-15-7-2-8-16-30)45-54-38(26-63-45)42(58)51-35(23-31-17-9-3-10-18-31)46-55-39(27-64-46)43(59)52-36(24-32-19-11-4-12-20-32)47-56-40(28-65-47)48(60)61/h1-20,25-28,33-36H,21-24,49H2,(H,50,57)(H,51,58)(H,52,59)(H,60,61). The van der Waals surface area contributed by atoms with E-state index in [-0.39, 0.29) is 65.6 Å². The van der Waals surface area contributed by atoms with Crippen molar-refractivity contribution < 1.29 is 42.0 Å². The largest absolute Gasteiger partial charge is 0.476 e. The Bertz CT molecular complexity index is 2840. The highest BCUT2D eigenvalue weighted by Crippen LogP contribution is 2.24. The minimum absolute atomic E-state index is 0.00511. The van der Waals surface area contributed by atoms with Gasteiger partial charge in [0.15, 0.2) is 22.8 Å². The summed E-state index contributed by atoms with van der Waals surface area (Å²) in [7, 11) is 0. The van der Waals surface area contributed by atoms with Crippen LogP contribution in [0.3, 0.4) is 0 Å². The van der Waals surface area contributed by atoms with Crippen LogP contribution in [0.4, 0.5) is 0 Å². The number of carbonyl (C=O) groups excluding carboxylic acids is 3. The minimum Gasteiger partial charge on any atom is -0.476 e. The zero-order valence-electron chi connectivity index (χ0n) is 34.6. The Morgan fingerprint density at radius 1 is 0.431 bits per heavy atom. The Labute approximate surface area is 371 Å². The first-order valence-electron chi connectivity index (χ1n) is 20.5.